The summed E-state index contributed by atoms with van der Waals surface area (Å²) in [5.74, 6) is 0.156. The van der Waals surface area contributed by atoms with Gasteiger partial charge in [0.2, 0.25) is 6.10 Å². The quantitative estimate of drug-likeness (QED) is 0.579. The van der Waals surface area contributed by atoms with E-state index < -0.39 is 24.7 Å². The zero-order chi connectivity index (χ0) is 18.2. The molecule has 1 amide bonds. The van der Waals surface area contributed by atoms with E-state index in [0.29, 0.717) is 23.7 Å². The molecule has 6 nitrogen and oxygen atoms in total. The number of benzene rings is 1. The Kier molecular flexibility index (Phi) is 7.34. The maximum Gasteiger partial charge on any atom is 0.405 e. The number of nitrogens with zero attached hydrogens (tertiary/aromatic N) is 1. The van der Waals surface area contributed by atoms with Crippen molar-refractivity contribution >= 4 is 12.1 Å². The third kappa shape index (κ3) is 6.76. The first-order valence-corrected chi connectivity index (χ1v) is 7.11. The van der Waals surface area contributed by atoms with E-state index in [-0.39, 0.29) is 0 Å². The lowest BCUT2D eigenvalue weighted by atomic mass is 10.2. The smallest absolute Gasteiger partial charge is 0.405 e. The van der Waals surface area contributed by atoms with Gasteiger partial charge in [0.25, 0.3) is 5.91 Å². The maximum absolute atomic E-state index is 12.0. The van der Waals surface area contributed by atoms with Crippen LogP contribution in [0.2, 0.25) is 0 Å². The third-order valence-corrected chi connectivity index (χ3v) is 2.74. The van der Waals surface area contributed by atoms with Crippen LogP contribution < -0.4 is 14.8 Å². The summed E-state index contributed by atoms with van der Waals surface area (Å²) >= 11 is 0. The van der Waals surface area contributed by atoms with Crippen LogP contribution in [0, 0.1) is 0 Å². The molecule has 1 N–H and O–H groups in total. The van der Waals surface area contributed by atoms with Crippen LogP contribution in [-0.4, -0.2) is 44.7 Å². The number of halogens is 3. The number of alkyl halides is 3. The van der Waals surface area contributed by atoms with E-state index in [1.165, 1.54) is 20.2 Å². The number of hydrogen-bond donors (Lipinski definition) is 1. The Hall–Kier alpha value is -2.45. The van der Waals surface area contributed by atoms with Crippen LogP contribution in [0.15, 0.2) is 23.4 Å². The van der Waals surface area contributed by atoms with Crippen LogP contribution in [-0.2, 0) is 9.63 Å². The standard InChI is InChI=1S/C15H19F3N2O4/c1-4-23-12-6-5-11(7-13(12)22-3)8-20-24-10(2)14(21)19-9-15(16,17)18/h5-8,10H,4,9H2,1-3H3,(H,19,21)/b20-8+. The second-order valence-electron chi connectivity index (χ2n) is 4.66. The molecular formula is C15H19F3N2O4. The van der Waals surface area contributed by atoms with Crippen molar-refractivity contribution in [3.05, 3.63) is 23.8 Å². The Morgan fingerprint density at radius 2 is 2.08 bits per heavy atom. The minimum absolute atomic E-state index is 0.484. The predicted octanol–water partition coefficient (Wildman–Crippen LogP) is 2.51. The SMILES string of the molecule is CCOc1ccc(/C=N/OC(C)C(=O)NCC(F)(F)F)cc1OC. The van der Waals surface area contributed by atoms with Crippen LogP contribution in [0.3, 0.4) is 0 Å². The van der Waals surface area contributed by atoms with Crippen molar-refractivity contribution in [1.82, 2.24) is 5.32 Å². The number of rotatable bonds is 8. The Morgan fingerprint density at radius 1 is 1.38 bits per heavy atom. The van der Waals surface area contributed by atoms with Crippen LogP contribution in [0.25, 0.3) is 0 Å². The van der Waals surface area contributed by atoms with Gasteiger partial charge in [-0.25, -0.2) is 0 Å². The molecule has 0 radical (unpaired) electrons. The molecule has 0 saturated carbocycles. The minimum atomic E-state index is -4.47. The predicted molar refractivity (Wildman–Crippen MR) is 81.4 cm³/mol. The van der Waals surface area contributed by atoms with E-state index in [1.54, 1.807) is 23.5 Å². The van der Waals surface area contributed by atoms with Gasteiger partial charge in [-0.1, -0.05) is 5.16 Å². The molecule has 1 atom stereocenters. The zero-order valence-electron chi connectivity index (χ0n) is 13.5. The first-order chi connectivity index (χ1) is 11.3. The number of amides is 1. The van der Waals surface area contributed by atoms with Crippen LogP contribution in [0.1, 0.15) is 19.4 Å². The van der Waals surface area contributed by atoms with Gasteiger partial charge in [0, 0.05) is 5.56 Å². The third-order valence-electron chi connectivity index (χ3n) is 2.74. The highest BCUT2D eigenvalue weighted by molar-refractivity contribution is 5.82. The van der Waals surface area contributed by atoms with Crippen molar-refractivity contribution < 1.29 is 32.3 Å². The fourth-order valence-corrected chi connectivity index (χ4v) is 1.60. The zero-order valence-corrected chi connectivity index (χ0v) is 13.5. The Morgan fingerprint density at radius 3 is 2.67 bits per heavy atom. The molecule has 0 aliphatic rings. The molecule has 134 valence electrons. The van der Waals surface area contributed by atoms with Gasteiger partial charge in [-0.15, -0.1) is 0 Å². The summed E-state index contributed by atoms with van der Waals surface area (Å²) in [5, 5.41) is 5.31. The molecule has 0 fully saturated rings. The Bertz CT molecular complexity index is 576. The maximum atomic E-state index is 12.0. The van der Waals surface area contributed by atoms with Crippen LogP contribution >= 0.6 is 0 Å². The van der Waals surface area contributed by atoms with Crippen LogP contribution in [0.4, 0.5) is 13.2 Å². The highest BCUT2D eigenvalue weighted by Crippen LogP contribution is 2.27. The molecule has 1 unspecified atom stereocenters. The fraction of sp³-hybridized carbons (Fsp3) is 0.467. The average molecular weight is 348 g/mol. The van der Waals surface area contributed by atoms with Crippen molar-refractivity contribution in [3.63, 3.8) is 0 Å². The summed E-state index contributed by atoms with van der Waals surface area (Å²) in [6.07, 6.45) is -4.32. The number of methoxy groups -OCH3 is 1. The fourth-order valence-electron chi connectivity index (χ4n) is 1.60. The van der Waals surface area contributed by atoms with E-state index in [2.05, 4.69) is 5.16 Å². The van der Waals surface area contributed by atoms with Crippen molar-refractivity contribution in [3.8, 4) is 11.5 Å². The molecule has 0 saturated heterocycles. The number of carbonyl (C=O) groups is 1. The topological polar surface area (TPSA) is 69.2 Å². The molecule has 24 heavy (non-hydrogen) atoms. The van der Waals surface area contributed by atoms with Crippen molar-refractivity contribution in [2.75, 3.05) is 20.3 Å². The number of carbonyl (C=O) groups excluding carboxylic acids is 1. The summed E-state index contributed by atoms with van der Waals surface area (Å²) < 4.78 is 46.5. The van der Waals surface area contributed by atoms with Gasteiger partial charge in [0.05, 0.1) is 19.9 Å². The number of oxime groups is 1. The molecule has 0 aromatic heterocycles. The van der Waals surface area contributed by atoms with E-state index >= 15 is 0 Å². The second kappa shape index (κ2) is 8.99. The van der Waals surface area contributed by atoms with Gasteiger partial charge in [0.15, 0.2) is 11.5 Å². The van der Waals surface area contributed by atoms with Gasteiger partial charge in [-0.3, -0.25) is 4.79 Å². The van der Waals surface area contributed by atoms with Crippen molar-refractivity contribution in [2.24, 2.45) is 5.16 Å². The molecule has 0 aliphatic heterocycles. The molecule has 1 rings (SSSR count). The summed E-state index contributed by atoms with van der Waals surface area (Å²) in [6.45, 7) is 2.20. The lowest BCUT2D eigenvalue weighted by Crippen LogP contribution is -2.39. The van der Waals surface area contributed by atoms with Gasteiger partial charge in [0.1, 0.15) is 6.54 Å². The summed E-state index contributed by atoms with van der Waals surface area (Å²) in [4.78, 5) is 16.2. The number of nitrogens with one attached hydrogen (secondary N) is 1. The van der Waals surface area contributed by atoms with E-state index in [1.807, 2.05) is 6.92 Å². The van der Waals surface area contributed by atoms with E-state index in [4.69, 9.17) is 14.3 Å². The van der Waals surface area contributed by atoms with Crippen molar-refractivity contribution in [2.45, 2.75) is 26.1 Å². The van der Waals surface area contributed by atoms with Crippen molar-refractivity contribution in [1.29, 1.82) is 0 Å². The monoisotopic (exact) mass is 348 g/mol. The highest BCUT2D eigenvalue weighted by Gasteiger charge is 2.29. The van der Waals surface area contributed by atoms with Gasteiger partial charge < -0.3 is 19.6 Å². The number of ether oxygens (including phenoxy) is 2. The lowest BCUT2D eigenvalue weighted by molar-refractivity contribution is -0.144. The molecular weight excluding hydrogens is 329 g/mol. The van der Waals surface area contributed by atoms with E-state index in [0.717, 1.165) is 0 Å². The number of hydrogen-bond acceptors (Lipinski definition) is 5. The molecule has 0 aliphatic carbocycles. The molecule has 9 heteroatoms. The molecule has 0 heterocycles. The van der Waals surface area contributed by atoms with E-state index in [9.17, 15) is 18.0 Å². The normalized spacial score (nSPS) is 12.8. The minimum Gasteiger partial charge on any atom is -0.493 e. The summed E-state index contributed by atoms with van der Waals surface area (Å²) in [7, 11) is 1.49. The highest BCUT2D eigenvalue weighted by atomic mass is 19.4. The second-order valence-corrected chi connectivity index (χ2v) is 4.66. The molecule has 0 spiro atoms. The first-order valence-electron chi connectivity index (χ1n) is 7.11. The Balaban J connectivity index is 2.58. The summed E-state index contributed by atoms with van der Waals surface area (Å²) in [6, 6.07) is 5.02. The summed E-state index contributed by atoms with van der Waals surface area (Å²) in [5.41, 5.74) is 0.609. The first kappa shape index (κ1) is 19.6. The molecule has 1 aromatic carbocycles. The average Bonchev–Trinajstić information content (AvgIpc) is 2.53. The largest absolute Gasteiger partial charge is 0.493 e. The Labute approximate surface area is 137 Å². The lowest BCUT2D eigenvalue weighted by Gasteiger charge is -2.12. The van der Waals surface area contributed by atoms with Gasteiger partial charge >= 0.3 is 6.18 Å². The molecule has 0 bridgehead atoms. The molecule has 1 aromatic rings. The van der Waals surface area contributed by atoms with Crippen LogP contribution in [0.5, 0.6) is 11.5 Å². The van der Waals surface area contributed by atoms with Gasteiger partial charge in [-0.2, -0.15) is 13.2 Å². The van der Waals surface area contributed by atoms with Gasteiger partial charge in [-0.05, 0) is 32.0 Å².